The van der Waals surface area contributed by atoms with Gasteiger partial charge in [-0.3, -0.25) is 10.9 Å². The van der Waals surface area contributed by atoms with Crippen LogP contribution in [0.25, 0.3) is 0 Å². The van der Waals surface area contributed by atoms with Gasteiger partial charge in [0.25, 0.3) is 0 Å². The molecule has 2 fully saturated rings. The Bertz CT molecular complexity index is 187. The summed E-state index contributed by atoms with van der Waals surface area (Å²) in [5.41, 5.74) is 7.31. The Morgan fingerprint density at radius 3 is 1.00 bits per heavy atom. The molecule has 0 radical (unpaired) electrons. The van der Waals surface area contributed by atoms with Crippen molar-refractivity contribution in [2.45, 2.75) is 102 Å². The summed E-state index contributed by atoms with van der Waals surface area (Å²) < 4.78 is 0. The second-order valence-corrected chi connectivity index (χ2v) is 6.37. The smallest absolute Gasteiger partial charge is 0.0213 e. The maximum absolute atomic E-state index is 3.66. The van der Waals surface area contributed by atoms with Crippen LogP contribution in [0.5, 0.6) is 0 Å². The third-order valence-electron chi connectivity index (χ3n) is 4.70. The van der Waals surface area contributed by atoms with Gasteiger partial charge in [0.1, 0.15) is 0 Å². The predicted octanol–water partition coefficient (Wildman–Crippen LogP) is 4.31. The minimum Gasteiger partial charge on any atom is -0.255 e. The van der Waals surface area contributed by atoms with E-state index in [9.17, 15) is 0 Å². The minimum atomic E-state index is 0.728. The van der Waals surface area contributed by atoms with E-state index in [2.05, 4.69) is 10.9 Å². The summed E-state index contributed by atoms with van der Waals surface area (Å²) in [5.74, 6) is 0. The summed E-state index contributed by atoms with van der Waals surface area (Å²) in [6.07, 6.45) is 19.9. The van der Waals surface area contributed by atoms with E-state index in [0.29, 0.717) is 0 Å². The first kappa shape index (κ1) is 14.3. The SMILES string of the molecule is C1CCCCC(NNC2CCCCCC2)CCC1. The molecule has 2 nitrogen and oxygen atoms in total. The van der Waals surface area contributed by atoms with Crippen molar-refractivity contribution >= 4 is 0 Å². The van der Waals surface area contributed by atoms with E-state index in [-0.39, 0.29) is 0 Å². The molecular formula is C16H32N2. The number of nitrogens with one attached hydrogen (secondary N) is 2. The summed E-state index contributed by atoms with van der Waals surface area (Å²) in [6, 6.07) is 1.46. The fourth-order valence-electron chi connectivity index (χ4n) is 3.44. The van der Waals surface area contributed by atoms with Crippen LogP contribution in [0.15, 0.2) is 0 Å². The average Bonchev–Trinajstić information content (AvgIpc) is 2.57. The predicted molar refractivity (Wildman–Crippen MR) is 78.5 cm³/mol. The summed E-state index contributed by atoms with van der Waals surface area (Å²) in [4.78, 5) is 0. The van der Waals surface area contributed by atoms with Gasteiger partial charge in [-0.25, -0.2) is 0 Å². The van der Waals surface area contributed by atoms with Crippen LogP contribution in [0.1, 0.15) is 89.9 Å². The highest BCUT2D eigenvalue weighted by Gasteiger charge is 2.14. The van der Waals surface area contributed by atoms with E-state index in [1.165, 1.54) is 89.9 Å². The van der Waals surface area contributed by atoms with Gasteiger partial charge in [-0.05, 0) is 25.7 Å². The number of hydrogen-bond donors (Lipinski definition) is 2. The molecule has 2 saturated carbocycles. The Labute approximate surface area is 113 Å². The summed E-state index contributed by atoms with van der Waals surface area (Å²) >= 11 is 0. The molecule has 0 aromatic carbocycles. The van der Waals surface area contributed by atoms with Crippen molar-refractivity contribution in [3.63, 3.8) is 0 Å². The molecule has 0 unspecified atom stereocenters. The molecule has 0 spiro atoms. The molecular weight excluding hydrogens is 220 g/mol. The van der Waals surface area contributed by atoms with Gasteiger partial charge in [0, 0.05) is 12.1 Å². The zero-order valence-electron chi connectivity index (χ0n) is 12.1. The standard InChI is InChI=1S/C16H32N2/c1-2-4-8-12-15(11-7-3-1)17-18-16-13-9-5-6-10-14-16/h15-18H,1-14H2. The van der Waals surface area contributed by atoms with Crippen LogP contribution in [-0.2, 0) is 0 Å². The first-order valence-corrected chi connectivity index (χ1v) is 8.46. The molecule has 2 N–H and O–H groups in total. The van der Waals surface area contributed by atoms with E-state index in [0.717, 1.165) is 12.1 Å². The molecule has 0 bridgehead atoms. The summed E-state index contributed by atoms with van der Waals surface area (Å²) in [7, 11) is 0. The normalized spacial score (nSPS) is 26.0. The Morgan fingerprint density at radius 2 is 0.667 bits per heavy atom. The average molecular weight is 252 g/mol. The van der Waals surface area contributed by atoms with Gasteiger partial charge in [0.05, 0.1) is 0 Å². The number of hydrogen-bond acceptors (Lipinski definition) is 2. The lowest BCUT2D eigenvalue weighted by Crippen LogP contribution is -2.46. The highest BCUT2D eigenvalue weighted by molar-refractivity contribution is 4.72. The molecule has 18 heavy (non-hydrogen) atoms. The van der Waals surface area contributed by atoms with Crippen LogP contribution in [-0.4, -0.2) is 12.1 Å². The second kappa shape index (κ2) is 8.92. The number of rotatable bonds is 3. The van der Waals surface area contributed by atoms with Gasteiger partial charge in [0.2, 0.25) is 0 Å². The van der Waals surface area contributed by atoms with E-state index in [4.69, 9.17) is 0 Å². The highest BCUT2D eigenvalue weighted by atomic mass is 15.4. The zero-order chi connectivity index (χ0) is 12.5. The van der Waals surface area contributed by atoms with Gasteiger partial charge < -0.3 is 0 Å². The first-order chi connectivity index (χ1) is 8.95. The molecule has 0 heterocycles. The van der Waals surface area contributed by atoms with Crippen LogP contribution in [0, 0.1) is 0 Å². The van der Waals surface area contributed by atoms with Gasteiger partial charge in [0.15, 0.2) is 0 Å². The van der Waals surface area contributed by atoms with Gasteiger partial charge in [-0.15, -0.1) is 0 Å². The van der Waals surface area contributed by atoms with Crippen molar-refractivity contribution < 1.29 is 0 Å². The molecule has 106 valence electrons. The topological polar surface area (TPSA) is 24.1 Å². The molecule has 0 atom stereocenters. The van der Waals surface area contributed by atoms with Crippen molar-refractivity contribution in [1.82, 2.24) is 10.9 Å². The molecule has 2 aliphatic rings. The Balaban J connectivity index is 1.66. The third-order valence-corrected chi connectivity index (χ3v) is 4.70. The van der Waals surface area contributed by atoms with Gasteiger partial charge in [-0.2, -0.15) is 0 Å². The maximum atomic E-state index is 3.66. The van der Waals surface area contributed by atoms with Gasteiger partial charge >= 0.3 is 0 Å². The molecule has 0 amide bonds. The lowest BCUT2D eigenvalue weighted by Gasteiger charge is -2.23. The van der Waals surface area contributed by atoms with Crippen LogP contribution >= 0.6 is 0 Å². The lowest BCUT2D eigenvalue weighted by molar-refractivity contribution is 0.320. The van der Waals surface area contributed by atoms with Crippen LogP contribution in [0.2, 0.25) is 0 Å². The molecule has 2 heteroatoms. The summed E-state index contributed by atoms with van der Waals surface area (Å²) in [5, 5.41) is 0. The van der Waals surface area contributed by atoms with E-state index in [1.54, 1.807) is 0 Å². The van der Waals surface area contributed by atoms with Crippen LogP contribution < -0.4 is 10.9 Å². The van der Waals surface area contributed by atoms with Gasteiger partial charge in [-0.1, -0.05) is 64.2 Å². The van der Waals surface area contributed by atoms with Crippen molar-refractivity contribution in [2.24, 2.45) is 0 Å². The lowest BCUT2D eigenvalue weighted by atomic mass is 10.1. The Kier molecular flexibility index (Phi) is 7.11. The minimum absolute atomic E-state index is 0.728. The van der Waals surface area contributed by atoms with Crippen molar-refractivity contribution in [2.75, 3.05) is 0 Å². The molecule has 0 aromatic heterocycles. The number of hydrazine groups is 1. The quantitative estimate of drug-likeness (QED) is 0.578. The fraction of sp³-hybridized carbons (Fsp3) is 1.00. The molecule has 0 aromatic rings. The molecule has 2 aliphatic carbocycles. The Hall–Kier alpha value is -0.0800. The zero-order valence-corrected chi connectivity index (χ0v) is 12.1. The largest absolute Gasteiger partial charge is 0.255 e. The monoisotopic (exact) mass is 252 g/mol. The van der Waals surface area contributed by atoms with Crippen molar-refractivity contribution in [3.05, 3.63) is 0 Å². The fourth-order valence-corrected chi connectivity index (χ4v) is 3.44. The molecule has 2 rings (SSSR count). The molecule has 0 aliphatic heterocycles. The maximum Gasteiger partial charge on any atom is 0.0213 e. The van der Waals surface area contributed by atoms with E-state index >= 15 is 0 Å². The van der Waals surface area contributed by atoms with Crippen LogP contribution in [0.4, 0.5) is 0 Å². The van der Waals surface area contributed by atoms with E-state index < -0.39 is 0 Å². The Morgan fingerprint density at radius 1 is 0.389 bits per heavy atom. The van der Waals surface area contributed by atoms with Crippen molar-refractivity contribution in [3.8, 4) is 0 Å². The summed E-state index contributed by atoms with van der Waals surface area (Å²) in [6.45, 7) is 0. The second-order valence-electron chi connectivity index (χ2n) is 6.37. The third kappa shape index (κ3) is 5.71. The molecule has 0 saturated heterocycles. The van der Waals surface area contributed by atoms with Crippen molar-refractivity contribution in [1.29, 1.82) is 0 Å². The highest BCUT2D eigenvalue weighted by Crippen LogP contribution is 2.18. The van der Waals surface area contributed by atoms with E-state index in [1.807, 2.05) is 0 Å². The first-order valence-electron chi connectivity index (χ1n) is 8.46. The van der Waals surface area contributed by atoms with Crippen LogP contribution in [0.3, 0.4) is 0 Å².